The van der Waals surface area contributed by atoms with Crippen molar-refractivity contribution in [3.63, 3.8) is 0 Å². The Hall–Kier alpha value is -2.62. The average Bonchev–Trinajstić information content (AvgIpc) is 3.41. The molecule has 0 bridgehead atoms. The van der Waals surface area contributed by atoms with E-state index < -0.39 is 0 Å². The van der Waals surface area contributed by atoms with Crippen molar-refractivity contribution in [1.82, 2.24) is 20.4 Å². The smallest absolute Gasteiger partial charge is 0.284 e. The second kappa shape index (κ2) is 8.81. The molecule has 0 fully saturated rings. The van der Waals surface area contributed by atoms with E-state index in [0.717, 1.165) is 14.9 Å². The molecule has 146 valence electrons. The highest BCUT2D eigenvalue weighted by Crippen LogP contribution is 2.32. The summed E-state index contributed by atoms with van der Waals surface area (Å²) in [5.41, 5.74) is 2.37. The monoisotopic (exact) mass is 440 g/mol. The summed E-state index contributed by atoms with van der Waals surface area (Å²) in [5, 5.41) is 16.0. The number of nitrogens with one attached hydrogen (secondary N) is 1. The number of aromatic nitrogens is 4. The Morgan fingerprint density at radius 1 is 1.17 bits per heavy atom. The normalized spacial score (nSPS) is 12.0. The van der Waals surface area contributed by atoms with Crippen molar-refractivity contribution in [2.45, 2.75) is 22.9 Å². The van der Waals surface area contributed by atoms with Gasteiger partial charge < -0.3 is 4.42 Å². The first-order chi connectivity index (χ1) is 14.1. The van der Waals surface area contributed by atoms with Crippen molar-refractivity contribution >= 4 is 41.1 Å². The van der Waals surface area contributed by atoms with E-state index in [1.807, 2.05) is 54.6 Å². The van der Waals surface area contributed by atoms with Gasteiger partial charge in [-0.3, -0.25) is 4.79 Å². The highest BCUT2D eigenvalue weighted by Gasteiger charge is 2.17. The molecule has 0 saturated heterocycles. The lowest BCUT2D eigenvalue weighted by Gasteiger charge is -2.10. The molecule has 2 aromatic carbocycles. The molecule has 29 heavy (non-hydrogen) atoms. The highest BCUT2D eigenvalue weighted by molar-refractivity contribution is 8.00. The van der Waals surface area contributed by atoms with Crippen LogP contribution in [-0.2, 0) is 5.75 Å². The summed E-state index contributed by atoms with van der Waals surface area (Å²) in [5.74, 6) is 1.09. The Kier molecular flexibility index (Phi) is 5.98. The molecule has 1 atom stereocenters. The van der Waals surface area contributed by atoms with E-state index in [1.54, 1.807) is 0 Å². The molecule has 2 heterocycles. The van der Waals surface area contributed by atoms with Crippen molar-refractivity contribution in [1.29, 1.82) is 0 Å². The minimum Gasteiger partial charge on any atom is -0.413 e. The number of aromatic amines is 1. The van der Waals surface area contributed by atoms with E-state index in [1.165, 1.54) is 23.1 Å². The molecule has 0 aliphatic heterocycles. The van der Waals surface area contributed by atoms with Crippen molar-refractivity contribution < 1.29 is 9.21 Å². The molecule has 0 amide bonds. The molecule has 6 nitrogen and oxygen atoms in total. The fourth-order valence-electron chi connectivity index (χ4n) is 2.75. The summed E-state index contributed by atoms with van der Waals surface area (Å²) < 4.78 is 6.08. The van der Waals surface area contributed by atoms with Crippen LogP contribution in [0, 0.1) is 4.84 Å². The van der Waals surface area contributed by atoms with Gasteiger partial charge >= 0.3 is 0 Å². The Morgan fingerprint density at radius 3 is 2.72 bits per heavy atom. The van der Waals surface area contributed by atoms with Crippen LogP contribution in [-0.4, -0.2) is 26.2 Å². The SMILES string of the molecule is CC(c1cccc(C(=O)c2ccccc2)c1)c1nnc(SCc2n[nH]c(=S)o2)s1. The van der Waals surface area contributed by atoms with Gasteiger partial charge in [-0.2, -0.15) is 0 Å². The van der Waals surface area contributed by atoms with Gasteiger partial charge in [0.1, 0.15) is 5.01 Å². The molecule has 0 spiro atoms. The van der Waals surface area contributed by atoms with Crippen LogP contribution in [0.5, 0.6) is 0 Å². The maximum absolute atomic E-state index is 12.7. The molecule has 0 saturated carbocycles. The number of carbonyl (C=O) groups is 1. The first-order valence-corrected chi connectivity index (χ1v) is 11.0. The summed E-state index contributed by atoms with van der Waals surface area (Å²) >= 11 is 7.89. The Labute approximate surface area is 180 Å². The molecular formula is C20H16N4O2S3. The van der Waals surface area contributed by atoms with Crippen LogP contribution in [0.2, 0.25) is 0 Å². The third kappa shape index (κ3) is 4.69. The zero-order valence-electron chi connectivity index (χ0n) is 15.4. The van der Waals surface area contributed by atoms with E-state index in [0.29, 0.717) is 22.8 Å². The molecule has 0 aliphatic carbocycles. The largest absolute Gasteiger partial charge is 0.413 e. The molecule has 0 radical (unpaired) electrons. The Balaban J connectivity index is 1.48. The minimum atomic E-state index is 0.0111. The molecule has 2 aromatic heterocycles. The summed E-state index contributed by atoms with van der Waals surface area (Å²) in [7, 11) is 0. The van der Waals surface area contributed by atoms with Crippen LogP contribution >= 0.6 is 35.3 Å². The summed E-state index contributed by atoms with van der Waals surface area (Å²) in [6.45, 7) is 2.06. The second-order valence-corrected chi connectivity index (χ2v) is 8.85. The van der Waals surface area contributed by atoms with Crippen molar-refractivity contribution in [2.24, 2.45) is 0 Å². The standard InChI is InChI=1S/C20H16N4O2S3/c1-12(18-22-24-20(29-18)28-11-16-21-23-19(27)26-16)14-8-5-9-15(10-14)17(25)13-6-3-2-4-7-13/h2-10,12H,11H2,1H3,(H,23,27). The van der Waals surface area contributed by atoms with E-state index in [2.05, 4.69) is 27.3 Å². The zero-order chi connectivity index (χ0) is 20.2. The third-order valence-electron chi connectivity index (χ3n) is 4.28. The van der Waals surface area contributed by atoms with Gasteiger partial charge in [-0.15, -0.1) is 15.3 Å². The molecule has 4 rings (SSSR count). The van der Waals surface area contributed by atoms with Crippen LogP contribution in [0.3, 0.4) is 0 Å². The first kappa shape index (κ1) is 19.7. The van der Waals surface area contributed by atoms with Gasteiger partial charge in [0.05, 0.1) is 5.75 Å². The van der Waals surface area contributed by atoms with Crippen molar-refractivity contribution in [3.05, 3.63) is 87.0 Å². The molecule has 9 heteroatoms. The molecule has 0 aliphatic rings. The zero-order valence-corrected chi connectivity index (χ0v) is 17.8. The first-order valence-electron chi connectivity index (χ1n) is 8.80. The maximum atomic E-state index is 12.7. The topological polar surface area (TPSA) is 84.7 Å². The number of ketones is 1. The minimum absolute atomic E-state index is 0.0111. The van der Waals surface area contributed by atoms with Gasteiger partial charge in [0.25, 0.3) is 4.84 Å². The van der Waals surface area contributed by atoms with Crippen LogP contribution < -0.4 is 0 Å². The number of thioether (sulfide) groups is 1. The van der Waals surface area contributed by atoms with Crippen LogP contribution in [0.15, 0.2) is 63.4 Å². The van der Waals surface area contributed by atoms with Gasteiger partial charge in [-0.25, -0.2) is 5.10 Å². The van der Waals surface area contributed by atoms with Crippen LogP contribution in [0.1, 0.15) is 45.2 Å². The number of H-pyrrole nitrogens is 1. The number of rotatable bonds is 7. The Morgan fingerprint density at radius 2 is 1.97 bits per heavy atom. The quantitative estimate of drug-likeness (QED) is 0.238. The second-order valence-electron chi connectivity index (χ2n) is 6.24. The fraction of sp³-hybridized carbons (Fsp3) is 0.150. The number of nitrogens with zero attached hydrogens (tertiary/aromatic N) is 3. The predicted octanol–water partition coefficient (Wildman–Crippen LogP) is 5.26. The summed E-state index contributed by atoms with van der Waals surface area (Å²) in [6, 6.07) is 17.0. The van der Waals surface area contributed by atoms with E-state index >= 15 is 0 Å². The number of hydrogen-bond donors (Lipinski definition) is 1. The number of hydrogen-bond acceptors (Lipinski definition) is 8. The van der Waals surface area contributed by atoms with Gasteiger partial charge in [0.15, 0.2) is 10.1 Å². The fourth-order valence-corrected chi connectivity index (χ4v) is 4.68. The lowest BCUT2D eigenvalue weighted by Crippen LogP contribution is -2.03. The van der Waals surface area contributed by atoms with Gasteiger partial charge in [-0.05, 0) is 23.8 Å². The van der Waals surface area contributed by atoms with E-state index in [9.17, 15) is 4.79 Å². The van der Waals surface area contributed by atoms with E-state index in [4.69, 9.17) is 16.6 Å². The highest BCUT2D eigenvalue weighted by atomic mass is 32.2. The van der Waals surface area contributed by atoms with Gasteiger partial charge in [0.2, 0.25) is 5.89 Å². The lowest BCUT2D eigenvalue weighted by atomic mass is 9.96. The Bertz CT molecular complexity index is 1180. The third-order valence-corrected chi connectivity index (χ3v) is 6.68. The van der Waals surface area contributed by atoms with Gasteiger partial charge in [0, 0.05) is 17.0 Å². The summed E-state index contributed by atoms with van der Waals surface area (Å²) in [4.78, 5) is 13.0. The molecular weight excluding hydrogens is 424 g/mol. The average molecular weight is 441 g/mol. The number of benzene rings is 2. The van der Waals surface area contributed by atoms with Crippen molar-refractivity contribution in [3.8, 4) is 0 Å². The lowest BCUT2D eigenvalue weighted by molar-refractivity contribution is 0.103. The maximum Gasteiger partial charge on any atom is 0.284 e. The van der Waals surface area contributed by atoms with Gasteiger partial charge in [-0.1, -0.05) is 78.6 Å². The molecule has 1 N–H and O–H groups in total. The van der Waals surface area contributed by atoms with E-state index in [-0.39, 0.29) is 16.5 Å². The van der Waals surface area contributed by atoms with Crippen molar-refractivity contribution in [2.75, 3.05) is 0 Å². The molecule has 4 aromatic rings. The molecule has 1 unspecified atom stereocenters. The van der Waals surface area contributed by atoms with Crippen LogP contribution in [0.4, 0.5) is 0 Å². The van der Waals surface area contributed by atoms with Crippen LogP contribution in [0.25, 0.3) is 0 Å². The summed E-state index contributed by atoms with van der Waals surface area (Å²) in [6.07, 6.45) is 0. The number of carbonyl (C=O) groups excluding carboxylic acids is 1. The predicted molar refractivity (Wildman–Crippen MR) is 115 cm³/mol.